The molecule has 0 spiro atoms. The van der Waals surface area contributed by atoms with Gasteiger partial charge in [-0.2, -0.15) is 0 Å². The summed E-state index contributed by atoms with van der Waals surface area (Å²) in [6.45, 7) is 4.15. The lowest BCUT2D eigenvalue weighted by Crippen LogP contribution is -2.13. The molecule has 0 aliphatic carbocycles. The highest BCUT2D eigenvalue weighted by molar-refractivity contribution is 6.31. The molecule has 4 nitrogen and oxygen atoms in total. The van der Waals surface area contributed by atoms with Crippen molar-refractivity contribution in [1.29, 1.82) is 0 Å². The van der Waals surface area contributed by atoms with E-state index in [9.17, 15) is 0 Å². The van der Waals surface area contributed by atoms with Gasteiger partial charge in [-0.15, -0.1) is 0 Å². The number of nitrogens with zero attached hydrogens (tertiary/aromatic N) is 2. The number of rotatable bonds is 6. The van der Waals surface area contributed by atoms with E-state index in [1.165, 1.54) is 0 Å². The zero-order valence-corrected chi connectivity index (χ0v) is 11.9. The summed E-state index contributed by atoms with van der Waals surface area (Å²) in [5.74, 6) is 0.814. The molecule has 0 saturated heterocycles. The zero-order valence-electron chi connectivity index (χ0n) is 11.2. The van der Waals surface area contributed by atoms with Gasteiger partial charge in [0, 0.05) is 24.2 Å². The van der Waals surface area contributed by atoms with Crippen molar-refractivity contribution in [2.75, 3.05) is 6.54 Å². The van der Waals surface area contributed by atoms with Gasteiger partial charge in [-0.05, 0) is 18.7 Å². The van der Waals surface area contributed by atoms with Crippen LogP contribution in [0, 0.1) is 0 Å². The molecule has 0 aliphatic rings. The summed E-state index contributed by atoms with van der Waals surface area (Å²) < 4.78 is 7.79. The molecular formula is C14H18ClN3O. The van der Waals surface area contributed by atoms with Gasteiger partial charge in [0.05, 0.1) is 18.2 Å². The minimum absolute atomic E-state index is 0.482. The second kappa shape index (κ2) is 6.59. The predicted molar refractivity (Wildman–Crippen MR) is 76.4 cm³/mol. The van der Waals surface area contributed by atoms with E-state index in [4.69, 9.17) is 16.3 Å². The van der Waals surface area contributed by atoms with Crippen molar-refractivity contribution in [1.82, 2.24) is 14.9 Å². The molecule has 1 aromatic heterocycles. The van der Waals surface area contributed by atoms with Gasteiger partial charge in [0.1, 0.15) is 12.4 Å². The van der Waals surface area contributed by atoms with Gasteiger partial charge >= 0.3 is 0 Å². The van der Waals surface area contributed by atoms with Crippen molar-refractivity contribution in [2.45, 2.75) is 20.1 Å². The maximum Gasteiger partial charge on any atom is 0.130 e. The average Bonchev–Trinajstić information content (AvgIpc) is 2.81. The van der Waals surface area contributed by atoms with Crippen molar-refractivity contribution >= 4 is 11.6 Å². The number of imidazole rings is 1. The highest BCUT2D eigenvalue weighted by atomic mass is 35.5. The summed E-state index contributed by atoms with van der Waals surface area (Å²) in [6.07, 6.45) is 3.56. The van der Waals surface area contributed by atoms with Crippen LogP contribution in [0.4, 0.5) is 0 Å². The minimum Gasteiger partial charge on any atom is -0.487 e. The maximum atomic E-state index is 6.22. The van der Waals surface area contributed by atoms with Gasteiger partial charge in [0.15, 0.2) is 0 Å². The molecule has 2 aromatic rings. The van der Waals surface area contributed by atoms with Gasteiger partial charge in [-0.3, -0.25) is 0 Å². The van der Waals surface area contributed by atoms with Gasteiger partial charge in [-0.1, -0.05) is 24.6 Å². The van der Waals surface area contributed by atoms with Crippen molar-refractivity contribution < 1.29 is 4.74 Å². The first-order valence-corrected chi connectivity index (χ1v) is 6.66. The van der Waals surface area contributed by atoms with E-state index in [1.54, 1.807) is 12.5 Å². The Hall–Kier alpha value is -1.52. The second-order valence-corrected chi connectivity index (χ2v) is 4.69. The number of halogens is 1. The lowest BCUT2D eigenvalue weighted by atomic mass is 10.2. The molecule has 1 aromatic carbocycles. The number of aromatic nitrogens is 2. The van der Waals surface area contributed by atoms with Crippen LogP contribution in [0.3, 0.4) is 0 Å². The number of hydrogen-bond acceptors (Lipinski definition) is 3. The standard InChI is InChI=1S/C14H18ClN3O/c1-3-16-8-12-13(15)5-4-6-14(12)19-9-11-7-17-10-18(11)2/h4-7,10,16H,3,8-9H2,1-2H3. The Labute approximate surface area is 118 Å². The molecule has 1 N–H and O–H groups in total. The normalized spacial score (nSPS) is 10.7. The van der Waals surface area contributed by atoms with Crippen molar-refractivity contribution in [2.24, 2.45) is 7.05 Å². The first-order valence-electron chi connectivity index (χ1n) is 6.28. The summed E-state index contributed by atoms with van der Waals surface area (Å²) >= 11 is 6.22. The van der Waals surface area contributed by atoms with Crippen LogP contribution in [0.5, 0.6) is 5.75 Å². The van der Waals surface area contributed by atoms with E-state index in [-0.39, 0.29) is 0 Å². The van der Waals surface area contributed by atoms with Crippen molar-refractivity contribution in [3.05, 3.63) is 47.0 Å². The molecule has 0 unspecified atom stereocenters. The Kier molecular flexibility index (Phi) is 4.82. The molecular weight excluding hydrogens is 262 g/mol. The average molecular weight is 280 g/mol. The number of ether oxygens (including phenoxy) is 1. The van der Waals surface area contributed by atoms with Crippen LogP contribution in [0.1, 0.15) is 18.2 Å². The van der Waals surface area contributed by atoms with Gasteiger partial charge in [-0.25, -0.2) is 4.98 Å². The van der Waals surface area contributed by atoms with Crippen molar-refractivity contribution in [3.63, 3.8) is 0 Å². The van der Waals surface area contributed by atoms with Gasteiger partial charge < -0.3 is 14.6 Å². The third-order valence-corrected chi connectivity index (χ3v) is 3.27. The molecule has 5 heteroatoms. The molecule has 0 aliphatic heterocycles. The summed E-state index contributed by atoms with van der Waals surface area (Å²) in [6, 6.07) is 5.72. The van der Waals surface area contributed by atoms with Crippen LogP contribution < -0.4 is 10.1 Å². The molecule has 102 valence electrons. The largest absolute Gasteiger partial charge is 0.487 e. The quantitative estimate of drug-likeness (QED) is 0.884. The summed E-state index contributed by atoms with van der Waals surface area (Å²) in [5.41, 5.74) is 2.02. The van der Waals surface area contributed by atoms with Crippen LogP contribution in [0.25, 0.3) is 0 Å². The number of nitrogens with one attached hydrogen (secondary N) is 1. The van der Waals surface area contributed by atoms with Crippen LogP contribution >= 0.6 is 11.6 Å². The SMILES string of the molecule is CCNCc1c(Cl)cccc1OCc1cncn1C. The molecule has 0 saturated carbocycles. The second-order valence-electron chi connectivity index (χ2n) is 4.28. The number of hydrogen-bond donors (Lipinski definition) is 1. The molecule has 0 bridgehead atoms. The van der Waals surface area contributed by atoms with E-state index in [1.807, 2.05) is 29.8 Å². The molecule has 0 atom stereocenters. The van der Waals surface area contributed by atoms with Crippen LogP contribution in [-0.4, -0.2) is 16.1 Å². The van der Waals surface area contributed by atoms with Gasteiger partial charge in [0.2, 0.25) is 0 Å². The third kappa shape index (κ3) is 3.49. The first kappa shape index (κ1) is 13.9. The molecule has 0 fully saturated rings. The summed E-state index contributed by atoms with van der Waals surface area (Å²) in [7, 11) is 1.95. The molecule has 19 heavy (non-hydrogen) atoms. The molecule has 0 radical (unpaired) electrons. The van der Waals surface area contributed by atoms with E-state index in [0.29, 0.717) is 13.2 Å². The minimum atomic E-state index is 0.482. The Morgan fingerprint density at radius 2 is 2.26 bits per heavy atom. The Morgan fingerprint density at radius 3 is 2.95 bits per heavy atom. The Balaban J connectivity index is 2.11. The molecule has 0 amide bonds. The van der Waals surface area contributed by atoms with E-state index in [0.717, 1.165) is 28.6 Å². The Bertz CT molecular complexity index is 539. The Morgan fingerprint density at radius 1 is 1.42 bits per heavy atom. The summed E-state index contributed by atoms with van der Waals surface area (Å²) in [5, 5.41) is 3.99. The van der Waals surface area contributed by atoms with Crippen LogP contribution in [0.15, 0.2) is 30.7 Å². The van der Waals surface area contributed by atoms with Gasteiger partial charge in [0.25, 0.3) is 0 Å². The fraction of sp³-hybridized carbons (Fsp3) is 0.357. The van der Waals surface area contributed by atoms with Crippen LogP contribution in [-0.2, 0) is 20.2 Å². The summed E-state index contributed by atoms with van der Waals surface area (Å²) in [4.78, 5) is 4.07. The first-order chi connectivity index (χ1) is 9.22. The topological polar surface area (TPSA) is 39.1 Å². The smallest absolute Gasteiger partial charge is 0.130 e. The third-order valence-electron chi connectivity index (χ3n) is 2.92. The maximum absolute atomic E-state index is 6.22. The monoisotopic (exact) mass is 279 g/mol. The predicted octanol–water partition coefficient (Wildman–Crippen LogP) is 2.76. The van der Waals surface area contributed by atoms with E-state index >= 15 is 0 Å². The van der Waals surface area contributed by atoms with E-state index in [2.05, 4.69) is 17.2 Å². The zero-order chi connectivity index (χ0) is 13.7. The van der Waals surface area contributed by atoms with Crippen molar-refractivity contribution in [3.8, 4) is 5.75 Å². The molecule has 1 heterocycles. The fourth-order valence-corrected chi connectivity index (χ4v) is 2.00. The lowest BCUT2D eigenvalue weighted by molar-refractivity contribution is 0.293. The van der Waals surface area contributed by atoms with E-state index < -0.39 is 0 Å². The lowest BCUT2D eigenvalue weighted by Gasteiger charge is -2.13. The van der Waals surface area contributed by atoms with Crippen LogP contribution in [0.2, 0.25) is 5.02 Å². The highest BCUT2D eigenvalue weighted by Gasteiger charge is 2.08. The number of aryl methyl sites for hydroxylation is 1. The highest BCUT2D eigenvalue weighted by Crippen LogP contribution is 2.27. The molecule has 2 rings (SSSR count). The number of benzene rings is 1. The fourth-order valence-electron chi connectivity index (χ4n) is 1.77.